The fraction of sp³-hybridized carbons (Fsp3) is 0.720. The molecule has 0 spiro atoms. The van der Waals surface area contributed by atoms with Gasteiger partial charge in [0.2, 0.25) is 0 Å². The first kappa shape index (κ1) is 37.9. The topological polar surface area (TPSA) is 0 Å². The molecule has 0 aromatic carbocycles. The molecule has 0 aromatic rings. The van der Waals surface area contributed by atoms with Crippen molar-refractivity contribution in [2.45, 2.75) is 233 Å². The first-order valence-corrected chi connectivity index (χ1v) is 22.5. The summed E-state index contributed by atoms with van der Waals surface area (Å²) in [5.74, 6) is 0. The largest absolute Gasteiger partial charge is 0.0666 e. The van der Waals surface area contributed by atoms with E-state index in [1.54, 1.807) is 0 Å². The molecule has 0 nitrogen and oxygen atoms in total. The average molecular weight is 677 g/mol. The van der Waals surface area contributed by atoms with Gasteiger partial charge in [-0.15, -0.1) is 0 Å². The molecule has 0 saturated carbocycles. The van der Waals surface area contributed by atoms with Gasteiger partial charge in [-0.25, -0.2) is 0 Å². The lowest BCUT2D eigenvalue weighted by Crippen LogP contribution is -2.20. The van der Waals surface area contributed by atoms with Gasteiger partial charge in [0.15, 0.2) is 0 Å². The summed E-state index contributed by atoms with van der Waals surface area (Å²) in [6.07, 6.45) is 43.8. The van der Waals surface area contributed by atoms with E-state index in [2.05, 4.69) is 27.7 Å². The second kappa shape index (κ2) is 19.3. The van der Waals surface area contributed by atoms with Crippen molar-refractivity contribution in [2.24, 2.45) is 0 Å². The number of hydrogen-bond acceptors (Lipinski definition) is 0. The molecule has 0 atom stereocenters. The minimum atomic E-state index is 1.31. The standard InChI is InChI=1S/C50H76/c1-5-9-13-17-21-37-25-41-29-45-33-49-35-47-31-43-27-39(23-19-15-11-7-3)40(24-20-16-12-8-4)28-44(43)32-48(47)36-50(49)34-46(45)30-42(41)26-38(37)22-18-14-10-6-2/h5-36H2,1-4H3. The number of hydrogen-bond donors (Lipinski definition) is 0. The Bertz CT molecular complexity index is 1210. The van der Waals surface area contributed by atoms with Crippen LogP contribution < -0.4 is 0 Å². The van der Waals surface area contributed by atoms with Crippen LogP contribution in [-0.4, -0.2) is 0 Å². The van der Waals surface area contributed by atoms with Crippen molar-refractivity contribution in [2.75, 3.05) is 0 Å². The van der Waals surface area contributed by atoms with Gasteiger partial charge >= 0.3 is 0 Å². The van der Waals surface area contributed by atoms with E-state index in [0.717, 1.165) is 0 Å². The quantitative estimate of drug-likeness (QED) is 0.0889. The van der Waals surface area contributed by atoms with Crippen LogP contribution in [0.15, 0.2) is 78.0 Å². The molecule has 6 rings (SSSR count). The van der Waals surface area contributed by atoms with Crippen LogP contribution >= 0.6 is 0 Å². The van der Waals surface area contributed by atoms with Crippen LogP contribution in [0.2, 0.25) is 0 Å². The van der Waals surface area contributed by atoms with Gasteiger partial charge in [0.05, 0.1) is 0 Å². The molecule has 0 fully saturated rings. The molecule has 0 amide bonds. The maximum absolute atomic E-state index is 2.35. The van der Waals surface area contributed by atoms with Crippen LogP contribution in [0.3, 0.4) is 0 Å². The summed E-state index contributed by atoms with van der Waals surface area (Å²) in [4.78, 5) is 0. The van der Waals surface area contributed by atoms with Crippen molar-refractivity contribution < 1.29 is 0 Å². The average Bonchev–Trinajstić information content (AvgIpc) is 3.12. The smallest absolute Gasteiger partial charge is 0.00962 e. The summed E-state index contributed by atoms with van der Waals surface area (Å²) in [5.41, 5.74) is 26.2. The molecule has 0 unspecified atom stereocenters. The molecular formula is C50H76. The van der Waals surface area contributed by atoms with Gasteiger partial charge in [0.25, 0.3) is 0 Å². The highest BCUT2D eigenvalue weighted by atomic mass is 14.4. The van der Waals surface area contributed by atoms with E-state index in [1.165, 1.54) is 205 Å². The van der Waals surface area contributed by atoms with Crippen molar-refractivity contribution in [3.8, 4) is 0 Å². The van der Waals surface area contributed by atoms with E-state index >= 15 is 0 Å². The van der Waals surface area contributed by atoms with Crippen molar-refractivity contribution >= 4 is 0 Å². The van der Waals surface area contributed by atoms with Crippen LogP contribution in [-0.2, 0) is 0 Å². The molecule has 0 heteroatoms. The third-order valence-electron chi connectivity index (χ3n) is 13.9. The number of rotatable bonds is 20. The number of unbranched alkanes of at least 4 members (excludes halogenated alkanes) is 12. The predicted octanol–water partition coefficient (Wildman–Crippen LogP) is 16.7. The molecule has 0 aliphatic heterocycles. The Balaban J connectivity index is 1.07. The second-order valence-corrected chi connectivity index (χ2v) is 17.8. The van der Waals surface area contributed by atoms with E-state index in [9.17, 15) is 0 Å². The maximum atomic E-state index is 2.35. The van der Waals surface area contributed by atoms with Crippen LogP contribution in [0.1, 0.15) is 233 Å². The van der Waals surface area contributed by atoms with Crippen molar-refractivity contribution in [1.29, 1.82) is 0 Å². The molecule has 276 valence electrons. The Morgan fingerprint density at radius 2 is 0.400 bits per heavy atom. The minimum absolute atomic E-state index is 1.31. The molecule has 0 saturated heterocycles. The third-order valence-corrected chi connectivity index (χ3v) is 13.9. The Labute approximate surface area is 310 Å². The summed E-state index contributed by atoms with van der Waals surface area (Å²) in [5, 5.41) is 0. The van der Waals surface area contributed by atoms with Crippen molar-refractivity contribution in [1.82, 2.24) is 0 Å². The van der Waals surface area contributed by atoms with Gasteiger partial charge in [0, 0.05) is 0 Å². The summed E-state index contributed by atoms with van der Waals surface area (Å²) in [7, 11) is 0. The fourth-order valence-electron chi connectivity index (χ4n) is 10.8. The first-order chi connectivity index (χ1) is 24.6. The van der Waals surface area contributed by atoms with Gasteiger partial charge in [-0.1, -0.05) is 183 Å². The molecule has 0 heterocycles. The summed E-state index contributed by atoms with van der Waals surface area (Å²) in [6, 6.07) is 0. The molecule has 0 radical (unpaired) electrons. The summed E-state index contributed by atoms with van der Waals surface area (Å²) in [6.45, 7) is 9.41. The van der Waals surface area contributed by atoms with E-state index in [1.807, 2.05) is 78.0 Å². The normalized spacial score (nSPS) is 20.9. The molecule has 0 aromatic heterocycles. The predicted molar refractivity (Wildman–Crippen MR) is 220 cm³/mol. The summed E-state index contributed by atoms with van der Waals surface area (Å²) < 4.78 is 0. The lowest BCUT2D eigenvalue weighted by molar-refractivity contribution is 0.615. The van der Waals surface area contributed by atoms with E-state index in [4.69, 9.17) is 0 Å². The van der Waals surface area contributed by atoms with Crippen molar-refractivity contribution in [3.63, 3.8) is 0 Å². The molecule has 6 aliphatic carbocycles. The Kier molecular flexibility index (Phi) is 14.6. The zero-order valence-corrected chi connectivity index (χ0v) is 33.6. The van der Waals surface area contributed by atoms with Gasteiger partial charge in [-0.3, -0.25) is 0 Å². The molecule has 50 heavy (non-hydrogen) atoms. The van der Waals surface area contributed by atoms with Gasteiger partial charge < -0.3 is 0 Å². The van der Waals surface area contributed by atoms with Crippen LogP contribution in [0.25, 0.3) is 0 Å². The van der Waals surface area contributed by atoms with Gasteiger partial charge in [-0.2, -0.15) is 0 Å². The zero-order chi connectivity index (χ0) is 34.7. The summed E-state index contributed by atoms with van der Waals surface area (Å²) >= 11 is 0. The Hall–Kier alpha value is -1.82. The molecule has 0 N–H and O–H groups in total. The minimum Gasteiger partial charge on any atom is -0.0666 e. The second-order valence-electron chi connectivity index (χ2n) is 17.8. The van der Waals surface area contributed by atoms with E-state index in [0.29, 0.717) is 0 Å². The SMILES string of the molecule is CCCCCCC1=C(CCCCCC)CC2=C(C1)CC1=C(C2)CC2=C(C1)CC1=C(CC3=C(CC(CCCCCC)=C(CCCCCC)C3)C1)C2. The molecule has 6 aliphatic rings. The fourth-order valence-corrected chi connectivity index (χ4v) is 10.8. The Morgan fingerprint density at radius 3 is 0.580 bits per heavy atom. The third kappa shape index (κ3) is 9.78. The zero-order valence-electron chi connectivity index (χ0n) is 33.6. The number of allylic oxidation sites excluding steroid dienone is 14. The maximum Gasteiger partial charge on any atom is -0.00962 e. The highest BCUT2D eigenvalue weighted by molar-refractivity contribution is 5.53. The van der Waals surface area contributed by atoms with Crippen LogP contribution in [0.5, 0.6) is 0 Å². The van der Waals surface area contributed by atoms with E-state index < -0.39 is 0 Å². The lowest BCUT2D eigenvalue weighted by atomic mass is 9.66. The molecular weight excluding hydrogens is 601 g/mol. The highest BCUT2D eigenvalue weighted by Gasteiger charge is 2.34. The van der Waals surface area contributed by atoms with Gasteiger partial charge in [-0.05, 0) is 128 Å². The van der Waals surface area contributed by atoms with Crippen LogP contribution in [0, 0.1) is 0 Å². The van der Waals surface area contributed by atoms with Crippen molar-refractivity contribution in [3.05, 3.63) is 78.0 Å². The molecule has 0 bridgehead atoms. The monoisotopic (exact) mass is 677 g/mol. The Morgan fingerprint density at radius 1 is 0.220 bits per heavy atom. The van der Waals surface area contributed by atoms with E-state index in [-0.39, 0.29) is 0 Å². The van der Waals surface area contributed by atoms with Crippen LogP contribution in [0.4, 0.5) is 0 Å². The highest BCUT2D eigenvalue weighted by Crippen LogP contribution is 2.53. The first-order valence-electron chi connectivity index (χ1n) is 22.5. The van der Waals surface area contributed by atoms with Gasteiger partial charge in [0.1, 0.15) is 0 Å². The lowest BCUT2D eigenvalue weighted by Gasteiger charge is -2.39.